The predicted molar refractivity (Wildman–Crippen MR) is 105 cm³/mol. The molecule has 31 heavy (non-hydrogen) atoms. The third-order valence-electron chi connectivity index (χ3n) is 4.30. The van der Waals surface area contributed by atoms with Crippen LogP contribution in [-0.2, 0) is 21.1 Å². The zero-order valence-electron chi connectivity index (χ0n) is 16.4. The Balaban J connectivity index is 1.84. The van der Waals surface area contributed by atoms with Gasteiger partial charge in [-0.1, -0.05) is 18.2 Å². The number of oxazole rings is 1. The van der Waals surface area contributed by atoms with Crippen molar-refractivity contribution in [2.24, 2.45) is 0 Å². The minimum atomic E-state index is -5.59. The summed E-state index contributed by atoms with van der Waals surface area (Å²) in [7, 11) is -4.35. The van der Waals surface area contributed by atoms with E-state index in [2.05, 4.69) is 10.3 Å². The van der Waals surface area contributed by atoms with Crippen molar-refractivity contribution < 1.29 is 35.5 Å². The molecule has 1 heterocycles. The fourth-order valence-electron chi connectivity index (χ4n) is 2.73. The van der Waals surface area contributed by atoms with Crippen molar-refractivity contribution in [3.05, 3.63) is 60.0 Å². The predicted octanol–water partition coefficient (Wildman–Crippen LogP) is 4.13. The summed E-state index contributed by atoms with van der Waals surface area (Å²) < 4.78 is 72.4. The number of rotatable bonds is 6. The van der Waals surface area contributed by atoms with Gasteiger partial charge < -0.3 is 14.5 Å². The number of alkyl halides is 3. The SMILES string of the molecule is COc1ccc(S(=O)(=O)C(F)(F)F)cc1NC(=O)Cc1nc(-c2ccccc2)oc1C. The monoisotopic (exact) mass is 454 g/mol. The van der Waals surface area contributed by atoms with Gasteiger partial charge in [-0.15, -0.1) is 0 Å². The molecule has 3 rings (SSSR count). The highest BCUT2D eigenvalue weighted by Gasteiger charge is 2.47. The highest BCUT2D eigenvalue weighted by molar-refractivity contribution is 7.92. The van der Waals surface area contributed by atoms with Crippen molar-refractivity contribution in [2.45, 2.75) is 23.7 Å². The van der Waals surface area contributed by atoms with Crippen LogP contribution in [0.4, 0.5) is 18.9 Å². The van der Waals surface area contributed by atoms with Crippen LogP contribution in [0.3, 0.4) is 0 Å². The normalized spacial score (nSPS) is 11.9. The largest absolute Gasteiger partial charge is 0.501 e. The van der Waals surface area contributed by atoms with Crippen molar-refractivity contribution in [3.8, 4) is 17.2 Å². The van der Waals surface area contributed by atoms with Crippen LogP contribution in [0.25, 0.3) is 11.5 Å². The summed E-state index contributed by atoms with van der Waals surface area (Å²) in [6.07, 6.45) is -0.248. The maximum Gasteiger partial charge on any atom is 0.501 e. The van der Waals surface area contributed by atoms with Gasteiger partial charge in [0.25, 0.3) is 9.84 Å². The highest BCUT2D eigenvalue weighted by atomic mass is 32.2. The second-order valence-electron chi connectivity index (χ2n) is 6.42. The molecule has 0 unspecified atom stereocenters. The van der Waals surface area contributed by atoms with E-state index in [0.717, 1.165) is 12.1 Å². The number of carbonyl (C=O) groups excluding carboxylic acids is 1. The van der Waals surface area contributed by atoms with E-state index in [-0.39, 0.29) is 17.9 Å². The first-order valence-corrected chi connectivity index (χ1v) is 10.3. The number of methoxy groups -OCH3 is 1. The Morgan fingerprint density at radius 1 is 1.16 bits per heavy atom. The number of benzene rings is 2. The summed E-state index contributed by atoms with van der Waals surface area (Å²) in [4.78, 5) is 15.8. The molecule has 0 radical (unpaired) electrons. The van der Waals surface area contributed by atoms with Gasteiger partial charge >= 0.3 is 5.51 Å². The number of amides is 1. The quantitative estimate of drug-likeness (QED) is 0.601. The summed E-state index contributed by atoms with van der Waals surface area (Å²) in [5.74, 6) is 0.0679. The van der Waals surface area contributed by atoms with E-state index in [1.807, 2.05) is 6.07 Å². The van der Waals surface area contributed by atoms with Crippen molar-refractivity contribution in [2.75, 3.05) is 12.4 Å². The summed E-state index contributed by atoms with van der Waals surface area (Å²) in [5.41, 5.74) is -4.66. The van der Waals surface area contributed by atoms with Crippen molar-refractivity contribution in [1.82, 2.24) is 4.98 Å². The Morgan fingerprint density at radius 3 is 2.45 bits per heavy atom. The van der Waals surface area contributed by atoms with E-state index >= 15 is 0 Å². The van der Waals surface area contributed by atoms with Gasteiger partial charge in [-0.25, -0.2) is 13.4 Å². The van der Waals surface area contributed by atoms with Crippen LogP contribution in [0.5, 0.6) is 5.75 Å². The van der Waals surface area contributed by atoms with Crippen molar-refractivity contribution >= 4 is 21.4 Å². The molecule has 1 N–H and O–H groups in total. The van der Waals surface area contributed by atoms with Gasteiger partial charge in [0.05, 0.1) is 29.8 Å². The lowest BCUT2D eigenvalue weighted by Crippen LogP contribution is -2.23. The van der Waals surface area contributed by atoms with Gasteiger partial charge in [-0.3, -0.25) is 4.79 Å². The fraction of sp³-hybridized carbons (Fsp3) is 0.200. The number of aromatic nitrogens is 1. The van der Waals surface area contributed by atoms with Crippen LogP contribution in [0.1, 0.15) is 11.5 Å². The number of halogens is 3. The molecule has 0 aliphatic rings. The molecular formula is C20H17F3N2O5S. The van der Waals surface area contributed by atoms with Gasteiger partial charge in [-0.2, -0.15) is 13.2 Å². The third kappa shape index (κ3) is 4.71. The maximum atomic E-state index is 12.8. The molecule has 2 aromatic carbocycles. The lowest BCUT2D eigenvalue weighted by molar-refractivity contribution is -0.115. The van der Waals surface area contributed by atoms with E-state index < -0.39 is 26.1 Å². The Morgan fingerprint density at radius 2 is 1.84 bits per heavy atom. The maximum absolute atomic E-state index is 12.8. The Kier molecular flexibility index (Phi) is 6.07. The van der Waals surface area contributed by atoms with Crippen LogP contribution in [0.2, 0.25) is 0 Å². The first-order valence-electron chi connectivity index (χ1n) is 8.84. The van der Waals surface area contributed by atoms with E-state index in [1.165, 1.54) is 7.11 Å². The molecule has 0 fully saturated rings. The number of ether oxygens (including phenoxy) is 1. The fourth-order valence-corrected chi connectivity index (χ4v) is 3.52. The van der Waals surface area contributed by atoms with Gasteiger partial charge in [-0.05, 0) is 37.3 Å². The molecule has 1 amide bonds. The van der Waals surface area contributed by atoms with Gasteiger partial charge in [0.2, 0.25) is 11.8 Å². The van der Waals surface area contributed by atoms with E-state index in [1.54, 1.807) is 31.2 Å². The molecule has 164 valence electrons. The molecule has 0 atom stereocenters. The van der Waals surface area contributed by atoms with Crippen molar-refractivity contribution in [1.29, 1.82) is 0 Å². The van der Waals surface area contributed by atoms with E-state index in [9.17, 15) is 26.4 Å². The lowest BCUT2D eigenvalue weighted by Gasteiger charge is -2.13. The number of nitrogens with zero attached hydrogens (tertiary/aromatic N) is 1. The number of anilines is 1. The zero-order chi connectivity index (χ0) is 22.8. The molecule has 3 aromatic rings. The average Bonchev–Trinajstić information content (AvgIpc) is 3.08. The van der Waals surface area contributed by atoms with E-state index in [0.29, 0.717) is 29.0 Å². The third-order valence-corrected chi connectivity index (χ3v) is 5.79. The summed E-state index contributed by atoms with van der Waals surface area (Å²) in [5, 5.41) is 2.37. The van der Waals surface area contributed by atoms with Gasteiger partial charge in [0.15, 0.2) is 0 Å². The number of hydrogen-bond acceptors (Lipinski definition) is 6. The molecule has 7 nitrogen and oxygen atoms in total. The lowest BCUT2D eigenvalue weighted by atomic mass is 10.2. The molecular weight excluding hydrogens is 437 g/mol. The van der Waals surface area contributed by atoms with E-state index in [4.69, 9.17) is 9.15 Å². The minimum absolute atomic E-state index is 0.00340. The number of hydrogen-bond donors (Lipinski definition) is 1. The Labute approximate surface area is 175 Å². The summed E-state index contributed by atoms with van der Waals surface area (Å²) in [6.45, 7) is 1.62. The van der Waals surface area contributed by atoms with Crippen LogP contribution in [0.15, 0.2) is 57.8 Å². The summed E-state index contributed by atoms with van der Waals surface area (Å²) >= 11 is 0. The zero-order valence-corrected chi connectivity index (χ0v) is 17.2. The molecule has 0 aliphatic carbocycles. The molecule has 1 aromatic heterocycles. The number of carbonyl (C=O) groups is 1. The molecule has 0 saturated carbocycles. The number of sulfone groups is 1. The highest BCUT2D eigenvalue weighted by Crippen LogP contribution is 2.34. The van der Waals surface area contributed by atoms with Gasteiger partial charge in [0.1, 0.15) is 11.5 Å². The number of aryl methyl sites for hydroxylation is 1. The van der Waals surface area contributed by atoms with Crippen molar-refractivity contribution in [3.63, 3.8) is 0 Å². The average molecular weight is 454 g/mol. The topological polar surface area (TPSA) is 98.5 Å². The molecule has 0 aliphatic heterocycles. The van der Waals surface area contributed by atoms with Crippen LogP contribution in [-0.4, -0.2) is 31.9 Å². The van der Waals surface area contributed by atoms with Crippen LogP contribution < -0.4 is 10.1 Å². The summed E-state index contributed by atoms with van der Waals surface area (Å²) in [6, 6.07) is 11.5. The molecule has 0 saturated heterocycles. The number of nitrogens with one attached hydrogen (secondary N) is 1. The first-order chi connectivity index (χ1) is 14.5. The second-order valence-corrected chi connectivity index (χ2v) is 8.37. The standard InChI is InChI=1S/C20H17F3N2O5S/c1-12-15(25-19(30-12)13-6-4-3-5-7-13)11-18(26)24-16-10-14(8-9-17(16)29-2)31(27,28)20(21,22)23/h3-10H,11H2,1-2H3,(H,24,26). The Hall–Kier alpha value is -3.34. The minimum Gasteiger partial charge on any atom is -0.495 e. The molecule has 0 bridgehead atoms. The second kappa shape index (κ2) is 8.42. The van der Waals surface area contributed by atoms with Crippen LogP contribution >= 0.6 is 0 Å². The smallest absolute Gasteiger partial charge is 0.495 e. The van der Waals surface area contributed by atoms with Gasteiger partial charge in [0, 0.05) is 5.56 Å². The molecule has 0 spiro atoms. The van der Waals surface area contributed by atoms with Crippen LogP contribution in [0, 0.1) is 6.92 Å². The first kappa shape index (κ1) is 22.3. The Bertz CT molecular complexity index is 1210. The molecule has 11 heteroatoms.